The minimum Gasteiger partial charge on any atom is -0.241 e. The lowest BCUT2D eigenvalue weighted by Crippen LogP contribution is -2.13. The second-order valence-corrected chi connectivity index (χ2v) is 4.10. The molecule has 0 radical (unpaired) electrons. The smallest absolute Gasteiger partial charge is 0.229 e. The first-order valence-electron chi connectivity index (χ1n) is 4.83. The van der Waals surface area contributed by atoms with Gasteiger partial charge in [0.05, 0.1) is 11.4 Å². The Labute approximate surface area is 96.0 Å². The molecule has 0 unspecified atom stereocenters. The Bertz CT molecular complexity index is 476. The average Bonchev–Trinajstić information content (AvgIpc) is 2.31. The van der Waals surface area contributed by atoms with Crippen LogP contribution in [0.25, 0.3) is 0 Å². The summed E-state index contributed by atoms with van der Waals surface area (Å²) in [6.07, 6.45) is 0. The lowest BCUT2D eigenvalue weighted by Gasteiger charge is -2.17. The molecule has 82 valence electrons. The molecule has 0 fully saturated rings. The van der Waals surface area contributed by atoms with Crippen LogP contribution in [-0.2, 0) is 10.9 Å². The molecule has 0 saturated heterocycles. The SMILES string of the molecule is O=[SH](=O)N(c1ccccc1)c1ccccc1. The highest BCUT2D eigenvalue weighted by Crippen LogP contribution is 2.24. The summed E-state index contributed by atoms with van der Waals surface area (Å²) < 4.78 is 23.8. The summed E-state index contributed by atoms with van der Waals surface area (Å²) in [6, 6.07) is 18.0. The Hall–Kier alpha value is -1.81. The van der Waals surface area contributed by atoms with E-state index < -0.39 is 10.9 Å². The van der Waals surface area contributed by atoms with E-state index in [1.807, 2.05) is 36.4 Å². The van der Waals surface area contributed by atoms with Gasteiger partial charge in [-0.1, -0.05) is 36.4 Å². The van der Waals surface area contributed by atoms with E-state index in [-0.39, 0.29) is 0 Å². The molecule has 0 bridgehead atoms. The molecular weight excluding hydrogens is 222 g/mol. The highest BCUT2D eigenvalue weighted by atomic mass is 32.2. The first kappa shape index (κ1) is 10.7. The first-order valence-corrected chi connectivity index (χ1v) is 5.96. The Morgan fingerprint density at radius 2 is 1.06 bits per heavy atom. The maximum Gasteiger partial charge on any atom is 0.229 e. The van der Waals surface area contributed by atoms with Gasteiger partial charge in [0.1, 0.15) is 0 Å². The summed E-state index contributed by atoms with van der Waals surface area (Å²) in [7, 11) is -2.68. The molecule has 4 heteroatoms. The molecule has 0 saturated carbocycles. The molecule has 0 aliphatic carbocycles. The number of rotatable bonds is 3. The molecule has 0 heterocycles. The number of anilines is 2. The summed E-state index contributed by atoms with van der Waals surface area (Å²) in [5.74, 6) is 0. The number of hydrogen-bond donors (Lipinski definition) is 1. The van der Waals surface area contributed by atoms with Crippen molar-refractivity contribution in [1.82, 2.24) is 0 Å². The van der Waals surface area contributed by atoms with Crippen molar-refractivity contribution in [1.29, 1.82) is 0 Å². The van der Waals surface area contributed by atoms with Crippen LogP contribution in [0.2, 0.25) is 0 Å². The lowest BCUT2D eigenvalue weighted by atomic mass is 10.3. The van der Waals surface area contributed by atoms with Crippen LogP contribution in [0.3, 0.4) is 0 Å². The molecule has 0 aromatic heterocycles. The topological polar surface area (TPSA) is 37.4 Å². The van der Waals surface area contributed by atoms with Crippen molar-refractivity contribution in [3.05, 3.63) is 60.7 Å². The number of nitrogens with zero attached hydrogens (tertiary/aromatic N) is 1. The zero-order valence-corrected chi connectivity index (χ0v) is 9.38. The highest BCUT2D eigenvalue weighted by Gasteiger charge is 2.09. The van der Waals surface area contributed by atoms with Gasteiger partial charge in [0, 0.05) is 0 Å². The van der Waals surface area contributed by atoms with Crippen LogP contribution in [0.1, 0.15) is 0 Å². The monoisotopic (exact) mass is 233 g/mol. The van der Waals surface area contributed by atoms with Crippen molar-refractivity contribution in [3.8, 4) is 0 Å². The van der Waals surface area contributed by atoms with E-state index in [1.54, 1.807) is 24.3 Å². The van der Waals surface area contributed by atoms with E-state index in [4.69, 9.17) is 0 Å². The fraction of sp³-hybridized carbons (Fsp3) is 0. The number of thiol groups is 1. The molecular formula is C12H11NO2S. The molecule has 0 N–H and O–H groups in total. The van der Waals surface area contributed by atoms with Gasteiger partial charge in [-0.15, -0.1) is 0 Å². The zero-order valence-electron chi connectivity index (χ0n) is 8.48. The van der Waals surface area contributed by atoms with Gasteiger partial charge in [-0.3, -0.25) is 0 Å². The molecule has 0 amide bonds. The molecule has 16 heavy (non-hydrogen) atoms. The lowest BCUT2D eigenvalue weighted by molar-refractivity contribution is 0.614. The fourth-order valence-electron chi connectivity index (χ4n) is 1.48. The molecule has 2 aromatic rings. The Morgan fingerprint density at radius 3 is 1.38 bits per heavy atom. The zero-order chi connectivity index (χ0) is 11.4. The molecule has 0 aliphatic rings. The van der Waals surface area contributed by atoms with Crippen molar-refractivity contribution in [2.24, 2.45) is 0 Å². The maximum absolute atomic E-state index is 11.3. The van der Waals surface area contributed by atoms with Crippen molar-refractivity contribution in [2.45, 2.75) is 0 Å². The van der Waals surface area contributed by atoms with Gasteiger partial charge < -0.3 is 0 Å². The predicted molar refractivity (Wildman–Crippen MR) is 65.3 cm³/mol. The third-order valence-electron chi connectivity index (χ3n) is 2.16. The summed E-state index contributed by atoms with van der Waals surface area (Å²) in [4.78, 5) is 0. The van der Waals surface area contributed by atoms with Crippen LogP contribution < -0.4 is 4.31 Å². The third kappa shape index (κ3) is 2.23. The van der Waals surface area contributed by atoms with Gasteiger partial charge in [0.15, 0.2) is 0 Å². The van der Waals surface area contributed by atoms with Crippen molar-refractivity contribution in [3.63, 3.8) is 0 Å². The summed E-state index contributed by atoms with van der Waals surface area (Å²) in [6.45, 7) is 0. The Balaban J connectivity index is 2.48. The fourth-order valence-corrected chi connectivity index (χ4v) is 2.12. The normalized spacial score (nSPS) is 10.3. The predicted octanol–water partition coefficient (Wildman–Crippen LogP) is 2.35. The van der Waals surface area contributed by atoms with Gasteiger partial charge in [-0.2, -0.15) is 0 Å². The third-order valence-corrected chi connectivity index (χ3v) is 2.95. The maximum atomic E-state index is 11.3. The summed E-state index contributed by atoms with van der Waals surface area (Å²) in [5.41, 5.74) is 1.29. The number of para-hydroxylation sites is 2. The first-order chi connectivity index (χ1) is 7.79. The van der Waals surface area contributed by atoms with Gasteiger partial charge in [0.2, 0.25) is 10.9 Å². The molecule has 0 spiro atoms. The van der Waals surface area contributed by atoms with Crippen LogP contribution in [0.5, 0.6) is 0 Å². The standard InChI is InChI=1S/C12H11NO2S/c14-16(15)13(11-7-3-1-4-8-11)12-9-5-2-6-10-12/h1-10,16H. The van der Waals surface area contributed by atoms with E-state index in [1.165, 1.54) is 4.31 Å². The van der Waals surface area contributed by atoms with Gasteiger partial charge >= 0.3 is 0 Å². The quantitative estimate of drug-likeness (QED) is 0.826. The van der Waals surface area contributed by atoms with Gasteiger partial charge in [-0.05, 0) is 24.3 Å². The molecule has 3 nitrogen and oxygen atoms in total. The van der Waals surface area contributed by atoms with Crippen molar-refractivity contribution in [2.75, 3.05) is 4.31 Å². The van der Waals surface area contributed by atoms with Gasteiger partial charge in [-0.25, -0.2) is 12.7 Å². The average molecular weight is 233 g/mol. The summed E-state index contributed by atoms with van der Waals surface area (Å²) in [5, 5.41) is 0. The molecule has 2 aromatic carbocycles. The van der Waals surface area contributed by atoms with Crippen molar-refractivity contribution >= 4 is 22.3 Å². The van der Waals surface area contributed by atoms with Gasteiger partial charge in [0.25, 0.3) is 0 Å². The minimum atomic E-state index is -2.68. The second-order valence-electron chi connectivity index (χ2n) is 3.22. The molecule has 2 rings (SSSR count). The Morgan fingerprint density at radius 1 is 0.688 bits per heavy atom. The van der Waals surface area contributed by atoms with Crippen molar-refractivity contribution < 1.29 is 8.42 Å². The van der Waals surface area contributed by atoms with E-state index >= 15 is 0 Å². The van der Waals surface area contributed by atoms with E-state index in [0.29, 0.717) is 11.4 Å². The van der Waals surface area contributed by atoms with E-state index in [0.717, 1.165) is 0 Å². The van der Waals surface area contributed by atoms with Crippen LogP contribution in [-0.4, -0.2) is 8.42 Å². The van der Waals surface area contributed by atoms with Crippen LogP contribution >= 0.6 is 0 Å². The van der Waals surface area contributed by atoms with Crippen LogP contribution in [0, 0.1) is 0 Å². The highest BCUT2D eigenvalue weighted by molar-refractivity contribution is 7.74. The Kier molecular flexibility index (Phi) is 3.22. The minimum absolute atomic E-state index is 0.643. The molecule has 0 aliphatic heterocycles. The molecule has 0 atom stereocenters. The van der Waals surface area contributed by atoms with E-state index in [9.17, 15) is 8.42 Å². The largest absolute Gasteiger partial charge is 0.241 e. The number of hydrogen-bond acceptors (Lipinski definition) is 2. The second kappa shape index (κ2) is 4.81. The van der Waals surface area contributed by atoms with E-state index in [2.05, 4.69) is 0 Å². The summed E-state index contributed by atoms with van der Waals surface area (Å²) >= 11 is 0. The van der Waals surface area contributed by atoms with Crippen LogP contribution in [0.15, 0.2) is 60.7 Å². The van der Waals surface area contributed by atoms with Crippen LogP contribution in [0.4, 0.5) is 11.4 Å². The number of benzene rings is 2.